The molecule has 0 fully saturated rings. The van der Waals surface area contributed by atoms with Crippen LogP contribution in [0.4, 0.5) is 5.69 Å². The summed E-state index contributed by atoms with van der Waals surface area (Å²) < 4.78 is 0. The van der Waals surface area contributed by atoms with Gasteiger partial charge >= 0.3 is 0 Å². The zero-order chi connectivity index (χ0) is 10.6. The Morgan fingerprint density at radius 3 is 2.93 bits per heavy atom. The predicted molar refractivity (Wildman–Crippen MR) is 57.4 cm³/mol. The van der Waals surface area contributed by atoms with Gasteiger partial charge in [0, 0.05) is 6.20 Å². The molecule has 74 valence electrons. The first-order valence-corrected chi connectivity index (χ1v) is 4.57. The zero-order valence-electron chi connectivity index (χ0n) is 8.04. The van der Waals surface area contributed by atoms with Crippen LogP contribution in [0.5, 0.6) is 0 Å². The fraction of sp³-hybridized carbons (Fsp3) is 0.200. The molecule has 14 heavy (non-hydrogen) atoms. The van der Waals surface area contributed by atoms with Crippen molar-refractivity contribution in [3.05, 3.63) is 35.1 Å². The number of nitrogens with zero attached hydrogens (tertiary/aromatic N) is 1. The molecule has 0 aromatic carbocycles. The highest BCUT2D eigenvalue weighted by Gasteiger charge is 2.06. The van der Waals surface area contributed by atoms with E-state index in [2.05, 4.69) is 10.3 Å². The topological polar surface area (TPSA) is 42.0 Å². The average molecular weight is 211 g/mol. The van der Waals surface area contributed by atoms with Crippen molar-refractivity contribution >= 4 is 23.2 Å². The van der Waals surface area contributed by atoms with Crippen molar-refractivity contribution in [3.63, 3.8) is 0 Å². The normalized spacial score (nSPS) is 10.5. The van der Waals surface area contributed by atoms with E-state index in [1.54, 1.807) is 25.3 Å². The predicted octanol–water partition coefficient (Wildman–Crippen LogP) is 2.56. The maximum Gasteiger partial charge on any atom is 0.248 e. The third-order valence-corrected chi connectivity index (χ3v) is 1.97. The summed E-state index contributed by atoms with van der Waals surface area (Å²) in [6, 6.07) is 1.79. The number of allylic oxidation sites excluding steroid dienone is 1. The van der Waals surface area contributed by atoms with Gasteiger partial charge in [-0.2, -0.15) is 0 Å². The van der Waals surface area contributed by atoms with Crippen LogP contribution in [-0.2, 0) is 4.79 Å². The highest BCUT2D eigenvalue weighted by atomic mass is 35.5. The molecular formula is C10H11ClN2O. The van der Waals surface area contributed by atoms with Gasteiger partial charge in [-0.15, -0.1) is 0 Å². The number of aromatic nitrogens is 1. The summed E-state index contributed by atoms with van der Waals surface area (Å²) in [4.78, 5) is 15.1. The van der Waals surface area contributed by atoms with Crippen LogP contribution in [0, 0.1) is 6.92 Å². The first kappa shape index (κ1) is 10.7. The molecule has 1 aromatic rings. The number of carbonyl (C=O) groups excluding carboxylic acids is 1. The average Bonchev–Trinajstić information content (AvgIpc) is 2.12. The number of halogens is 1. The van der Waals surface area contributed by atoms with E-state index in [0.29, 0.717) is 10.8 Å². The quantitative estimate of drug-likeness (QED) is 0.602. The van der Waals surface area contributed by atoms with E-state index < -0.39 is 0 Å². The van der Waals surface area contributed by atoms with Gasteiger partial charge in [-0.05, 0) is 31.6 Å². The third-order valence-electron chi connectivity index (χ3n) is 1.68. The highest BCUT2D eigenvalue weighted by molar-refractivity contribution is 6.32. The summed E-state index contributed by atoms with van der Waals surface area (Å²) in [5.74, 6) is -0.203. The number of nitrogens with one attached hydrogen (secondary N) is 1. The molecule has 1 amide bonds. The summed E-state index contributed by atoms with van der Waals surface area (Å²) in [6.07, 6.45) is 4.70. The van der Waals surface area contributed by atoms with Gasteiger partial charge in [0.2, 0.25) is 5.91 Å². The van der Waals surface area contributed by atoms with Crippen LogP contribution < -0.4 is 5.32 Å². The highest BCUT2D eigenvalue weighted by Crippen LogP contribution is 2.22. The molecule has 1 aromatic heterocycles. The van der Waals surface area contributed by atoms with Gasteiger partial charge in [0.05, 0.1) is 5.69 Å². The van der Waals surface area contributed by atoms with Crippen molar-refractivity contribution < 1.29 is 4.79 Å². The van der Waals surface area contributed by atoms with Crippen LogP contribution in [0.3, 0.4) is 0 Å². The van der Waals surface area contributed by atoms with E-state index >= 15 is 0 Å². The Hall–Kier alpha value is -1.35. The minimum absolute atomic E-state index is 0.203. The Labute approximate surface area is 87.8 Å². The first-order chi connectivity index (χ1) is 6.65. The molecule has 0 aliphatic carbocycles. The van der Waals surface area contributed by atoms with Crippen LogP contribution >= 0.6 is 11.6 Å². The molecule has 0 saturated heterocycles. The summed E-state index contributed by atoms with van der Waals surface area (Å²) in [7, 11) is 0. The Kier molecular flexibility index (Phi) is 3.65. The monoisotopic (exact) mass is 210 g/mol. The molecule has 0 unspecified atom stereocenters. The second-order valence-corrected chi connectivity index (χ2v) is 3.14. The number of aryl methyl sites for hydroxylation is 1. The van der Waals surface area contributed by atoms with E-state index in [9.17, 15) is 4.79 Å². The molecule has 0 saturated carbocycles. The van der Waals surface area contributed by atoms with Crippen LogP contribution in [-0.4, -0.2) is 10.9 Å². The molecule has 0 bridgehead atoms. The zero-order valence-corrected chi connectivity index (χ0v) is 8.80. The van der Waals surface area contributed by atoms with E-state index in [-0.39, 0.29) is 5.91 Å². The lowest BCUT2D eigenvalue weighted by Crippen LogP contribution is -2.09. The molecule has 1 heterocycles. The van der Waals surface area contributed by atoms with Gasteiger partial charge < -0.3 is 5.32 Å². The lowest BCUT2D eigenvalue weighted by atomic mass is 10.2. The van der Waals surface area contributed by atoms with E-state index in [4.69, 9.17) is 11.6 Å². The third kappa shape index (κ3) is 2.57. The molecule has 4 heteroatoms. The number of anilines is 1. The number of carbonyl (C=O) groups is 1. The number of hydrogen-bond donors (Lipinski definition) is 1. The number of rotatable bonds is 2. The van der Waals surface area contributed by atoms with Crippen molar-refractivity contribution in [1.29, 1.82) is 0 Å². The first-order valence-electron chi connectivity index (χ1n) is 4.20. The fourth-order valence-corrected chi connectivity index (χ4v) is 1.24. The Morgan fingerprint density at radius 1 is 1.64 bits per heavy atom. The van der Waals surface area contributed by atoms with E-state index in [1.165, 1.54) is 6.08 Å². The minimum atomic E-state index is -0.203. The lowest BCUT2D eigenvalue weighted by molar-refractivity contribution is -0.111. The molecule has 0 aliphatic rings. The molecule has 0 atom stereocenters. The van der Waals surface area contributed by atoms with Gasteiger partial charge in [-0.1, -0.05) is 17.7 Å². The van der Waals surface area contributed by atoms with Crippen molar-refractivity contribution in [2.24, 2.45) is 0 Å². The summed E-state index contributed by atoms with van der Waals surface area (Å²) in [5.41, 5.74) is 1.46. The van der Waals surface area contributed by atoms with Crippen molar-refractivity contribution in [2.45, 2.75) is 13.8 Å². The maximum atomic E-state index is 11.2. The molecule has 0 radical (unpaired) electrons. The summed E-state index contributed by atoms with van der Waals surface area (Å²) in [6.45, 7) is 3.64. The largest absolute Gasteiger partial charge is 0.320 e. The standard InChI is InChI=1S/C10H11ClN2O/c1-3-4-8(14)13-9-7(2)5-6-12-10(9)11/h3-6H,1-2H3,(H,13,14). The van der Waals surface area contributed by atoms with Crippen LogP contribution in [0.2, 0.25) is 5.15 Å². The van der Waals surface area contributed by atoms with Crippen molar-refractivity contribution in [2.75, 3.05) is 5.32 Å². The van der Waals surface area contributed by atoms with Gasteiger partial charge in [0.15, 0.2) is 5.15 Å². The molecule has 3 nitrogen and oxygen atoms in total. The maximum absolute atomic E-state index is 11.2. The van der Waals surface area contributed by atoms with Crippen molar-refractivity contribution in [1.82, 2.24) is 4.98 Å². The molecule has 0 spiro atoms. The smallest absolute Gasteiger partial charge is 0.248 e. The summed E-state index contributed by atoms with van der Waals surface area (Å²) >= 11 is 5.82. The van der Waals surface area contributed by atoms with Crippen LogP contribution in [0.1, 0.15) is 12.5 Å². The molecule has 1 rings (SSSR count). The SMILES string of the molecule is CC=CC(=O)Nc1c(C)ccnc1Cl. The second-order valence-electron chi connectivity index (χ2n) is 2.78. The molecular weight excluding hydrogens is 200 g/mol. The van der Waals surface area contributed by atoms with Crippen LogP contribution in [0.15, 0.2) is 24.4 Å². The lowest BCUT2D eigenvalue weighted by Gasteiger charge is -2.06. The number of pyridine rings is 1. The Morgan fingerprint density at radius 2 is 2.36 bits per heavy atom. The number of amides is 1. The van der Waals surface area contributed by atoms with E-state index in [1.807, 2.05) is 6.92 Å². The minimum Gasteiger partial charge on any atom is -0.320 e. The van der Waals surface area contributed by atoms with E-state index in [0.717, 1.165) is 5.56 Å². The van der Waals surface area contributed by atoms with Crippen molar-refractivity contribution in [3.8, 4) is 0 Å². The van der Waals surface area contributed by atoms with Crippen LogP contribution in [0.25, 0.3) is 0 Å². The second kappa shape index (κ2) is 4.77. The van der Waals surface area contributed by atoms with Gasteiger partial charge in [-0.25, -0.2) is 4.98 Å². The fourth-order valence-electron chi connectivity index (χ4n) is 0.991. The summed E-state index contributed by atoms with van der Waals surface area (Å²) in [5, 5.41) is 2.97. The van der Waals surface area contributed by atoms with Gasteiger partial charge in [0.25, 0.3) is 0 Å². The Balaban J connectivity index is 2.91. The molecule has 1 N–H and O–H groups in total. The number of hydrogen-bond acceptors (Lipinski definition) is 2. The molecule has 0 aliphatic heterocycles. The Bertz CT molecular complexity index is 354. The van der Waals surface area contributed by atoms with Gasteiger partial charge in [0.1, 0.15) is 0 Å². The van der Waals surface area contributed by atoms with Gasteiger partial charge in [-0.3, -0.25) is 4.79 Å².